The van der Waals surface area contributed by atoms with Gasteiger partial charge in [-0.1, -0.05) is 41.9 Å². The molecule has 3 heterocycles. The molecule has 0 radical (unpaired) electrons. The fourth-order valence-electron chi connectivity index (χ4n) is 3.14. The maximum atomic E-state index is 12.3. The fraction of sp³-hybridized carbons (Fsp3) is 0.0476. The molecular weight excluding hydrogens is 380 g/mol. The zero-order valence-electron chi connectivity index (χ0n) is 14.1. The number of aromatic nitrogens is 2. The number of hydrogen-bond donors (Lipinski definition) is 0. The van der Waals surface area contributed by atoms with Gasteiger partial charge in [0.2, 0.25) is 0 Å². The summed E-state index contributed by atoms with van der Waals surface area (Å²) in [5, 5.41) is 1.62. The number of benzene rings is 2. The van der Waals surface area contributed by atoms with Crippen molar-refractivity contribution < 1.29 is 4.42 Å². The molecule has 0 spiro atoms. The molecule has 0 unspecified atom stereocenters. The van der Waals surface area contributed by atoms with Crippen LogP contribution in [-0.4, -0.2) is 9.38 Å². The molecule has 0 fully saturated rings. The third kappa shape index (κ3) is 3.05. The van der Waals surface area contributed by atoms with E-state index in [9.17, 15) is 4.79 Å². The summed E-state index contributed by atoms with van der Waals surface area (Å²) in [5.74, 6) is 0. The summed E-state index contributed by atoms with van der Waals surface area (Å²) in [4.78, 5) is 19.0. The number of fused-ring (bicyclic) bond motifs is 2. The smallest absolute Gasteiger partial charge is 0.345 e. The van der Waals surface area contributed by atoms with E-state index in [4.69, 9.17) is 16.0 Å². The van der Waals surface area contributed by atoms with Crippen LogP contribution in [0.2, 0.25) is 5.02 Å². The molecule has 0 atom stereocenters. The Kier molecular flexibility index (Phi) is 3.85. The van der Waals surface area contributed by atoms with Crippen molar-refractivity contribution in [2.45, 2.75) is 6.42 Å². The van der Waals surface area contributed by atoms with Crippen LogP contribution in [0.25, 0.3) is 27.2 Å². The van der Waals surface area contributed by atoms with Gasteiger partial charge in [0.15, 0.2) is 4.96 Å². The number of imidazole rings is 1. The van der Waals surface area contributed by atoms with Crippen LogP contribution in [0.15, 0.2) is 76.2 Å². The van der Waals surface area contributed by atoms with Gasteiger partial charge in [0.1, 0.15) is 5.58 Å². The Morgan fingerprint density at radius 1 is 1.07 bits per heavy atom. The highest BCUT2D eigenvalue weighted by Gasteiger charge is 2.13. The van der Waals surface area contributed by atoms with Gasteiger partial charge in [-0.3, -0.25) is 4.40 Å². The molecule has 0 saturated carbocycles. The lowest BCUT2D eigenvalue weighted by Crippen LogP contribution is -2.02. The molecule has 0 N–H and O–H groups in total. The highest BCUT2D eigenvalue weighted by Crippen LogP contribution is 2.26. The van der Waals surface area contributed by atoms with Gasteiger partial charge in [-0.2, -0.15) is 0 Å². The Bertz CT molecular complexity index is 1320. The molecule has 0 bridgehead atoms. The monoisotopic (exact) mass is 392 g/mol. The van der Waals surface area contributed by atoms with Crippen molar-refractivity contribution >= 4 is 38.9 Å². The summed E-state index contributed by atoms with van der Waals surface area (Å²) in [6, 6.07) is 17.1. The highest BCUT2D eigenvalue weighted by molar-refractivity contribution is 7.17. The molecule has 132 valence electrons. The lowest BCUT2D eigenvalue weighted by atomic mass is 10.1. The van der Waals surface area contributed by atoms with Crippen molar-refractivity contribution in [3.05, 3.63) is 92.9 Å². The van der Waals surface area contributed by atoms with Gasteiger partial charge >= 0.3 is 5.63 Å². The Labute approximate surface area is 163 Å². The summed E-state index contributed by atoms with van der Waals surface area (Å²) in [7, 11) is 0. The van der Waals surface area contributed by atoms with Crippen LogP contribution >= 0.6 is 22.9 Å². The summed E-state index contributed by atoms with van der Waals surface area (Å²) in [5.41, 5.74) is 2.45. The van der Waals surface area contributed by atoms with Crippen molar-refractivity contribution in [1.29, 1.82) is 0 Å². The molecule has 4 nitrogen and oxygen atoms in total. The zero-order valence-corrected chi connectivity index (χ0v) is 15.6. The van der Waals surface area contributed by atoms with E-state index in [1.807, 2.05) is 59.3 Å². The summed E-state index contributed by atoms with van der Waals surface area (Å²) >= 11 is 7.66. The van der Waals surface area contributed by atoms with E-state index in [0.717, 1.165) is 27.4 Å². The first-order valence-electron chi connectivity index (χ1n) is 8.41. The zero-order chi connectivity index (χ0) is 18.4. The molecule has 5 aromatic rings. The number of rotatable bonds is 3. The summed E-state index contributed by atoms with van der Waals surface area (Å²) < 4.78 is 7.37. The third-order valence-corrected chi connectivity index (χ3v) is 5.62. The van der Waals surface area contributed by atoms with Crippen LogP contribution in [-0.2, 0) is 6.42 Å². The second-order valence-corrected chi connectivity index (χ2v) is 7.84. The van der Waals surface area contributed by atoms with Crippen LogP contribution in [0, 0.1) is 0 Å². The van der Waals surface area contributed by atoms with E-state index in [1.165, 1.54) is 4.88 Å². The fourth-order valence-corrected chi connectivity index (χ4v) is 4.35. The molecule has 27 heavy (non-hydrogen) atoms. The normalized spacial score (nSPS) is 11.4. The van der Waals surface area contributed by atoms with Gasteiger partial charge in [0.05, 0.1) is 11.3 Å². The molecule has 0 saturated heterocycles. The minimum absolute atomic E-state index is 0.376. The predicted octanol–water partition coefficient (Wildman–Crippen LogP) is 5.41. The Morgan fingerprint density at radius 2 is 1.96 bits per heavy atom. The molecule has 0 aliphatic carbocycles. The average Bonchev–Trinajstić information content (AvgIpc) is 3.19. The van der Waals surface area contributed by atoms with Gasteiger partial charge in [-0.25, -0.2) is 9.78 Å². The van der Waals surface area contributed by atoms with Crippen molar-refractivity contribution in [1.82, 2.24) is 9.38 Å². The third-order valence-electron chi connectivity index (χ3n) is 4.39. The molecular formula is C21H13ClN2O2S. The summed E-state index contributed by atoms with van der Waals surface area (Å²) in [6.45, 7) is 0. The topological polar surface area (TPSA) is 47.5 Å². The van der Waals surface area contributed by atoms with Gasteiger partial charge in [-0.15, -0.1) is 11.3 Å². The molecule has 0 amide bonds. The van der Waals surface area contributed by atoms with Crippen molar-refractivity contribution in [2.24, 2.45) is 0 Å². The maximum Gasteiger partial charge on any atom is 0.345 e. The maximum absolute atomic E-state index is 12.3. The Balaban J connectivity index is 1.52. The standard InChI is InChI=1S/C21H13ClN2O2S/c22-15-6-3-4-13(8-15)9-16-11-24-12-18(23-21(24)27-16)17-10-14-5-1-2-7-19(14)26-20(17)25/h1-8,10-12H,9H2. The highest BCUT2D eigenvalue weighted by atomic mass is 35.5. The number of thiazole rings is 1. The van der Waals surface area contributed by atoms with E-state index in [2.05, 4.69) is 11.1 Å². The molecule has 3 aromatic heterocycles. The number of nitrogens with zero attached hydrogens (tertiary/aromatic N) is 2. The minimum Gasteiger partial charge on any atom is -0.422 e. The van der Waals surface area contributed by atoms with Gasteiger partial charge in [-0.05, 0) is 29.8 Å². The summed E-state index contributed by atoms with van der Waals surface area (Å²) in [6.07, 6.45) is 4.70. The molecule has 0 aliphatic rings. The van der Waals surface area contributed by atoms with Crippen molar-refractivity contribution in [3.63, 3.8) is 0 Å². The van der Waals surface area contributed by atoms with Gasteiger partial charge in [0.25, 0.3) is 0 Å². The van der Waals surface area contributed by atoms with Gasteiger partial charge in [0, 0.05) is 34.1 Å². The first kappa shape index (κ1) is 16.3. The largest absolute Gasteiger partial charge is 0.422 e. The number of hydrogen-bond acceptors (Lipinski definition) is 4. The molecule has 5 rings (SSSR count). The quantitative estimate of drug-likeness (QED) is 0.385. The first-order valence-corrected chi connectivity index (χ1v) is 9.60. The van der Waals surface area contributed by atoms with Crippen molar-refractivity contribution in [3.8, 4) is 11.3 Å². The Hall–Kier alpha value is -2.89. The van der Waals surface area contributed by atoms with Gasteiger partial charge < -0.3 is 4.42 Å². The second kappa shape index (κ2) is 6.37. The lowest BCUT2D eigenvalue weighted by molar-refractivity contribution is 0.563. The number of para-hydroxylation sites is 1. The van der Waals surface area contributed by atoms with E-state index >= 15 is 0 Å². The van der Waals surface area contributed by atoms with Crippen LogP contribution in [0.5, 0.6) is 0 Å². The van der Waals surface area contributed by atoms with Crippen LogP contribution in [0.3, 0.4) is 0 Å². The van der Waals surface area contributed by atoms with E-state index in [1.54, 1.807) is 17.4 Å². The first-order chi connectivity index (χ1) is 13.2. The molecule has 0 aliphatic heterocycles. The molecule has 6 heteroatoms. The second-order valence-electron chi connectivity index (χ2n) is 6.31. The molecule has 2 aromatic carbocycles. The number of halogens is 1. The Morgan fingerprint density at radius 3 is 2.81 bits per heavy atom. The van der Waals surface area contributed by atoms with E-state index < -0.39 is 0 Å². The average molecular weight is 393 g/mol. The minimum atomic E-state index is -0.376. The van der Waals surface area contributed by atoms with Crippen LogP contribution < -0.4 is 5.63 Å². The SMILES string of the molecule is O=c1oc2ccccc2cc1-c1cn2cc(Cc3cccc(Cl)c3)sc2n1. The lowest BCUT2D eigenvalue weighted by Gasteiger charge is -1.99. The van der Waals surface area contributed by atoms with E-state index in [0.29, 0.717) is 16.8 Å². The van der Waals surface area contributed by atoms with Crippen LogP contribution in [0.4, 0.5) is 0 Å². The van der Waals surface area contributed by atoms with Crippen LogP contribution in [0.1, 0.15) is 10.4 Å². The predicted molar refractivity (Wildman–Crippen MR) is 109 cm³/mol. The van der Waals surface area contributed by atoms with E-state index in [-0.39, 0.29) is 5.63 Å². The van der Waals surface area contributed by atoms with Crippen molar-refractivity contribution in [2.75, 3.05) is 0 Å².